The van der Waals surface area contributed by atoms with Gasteiger partial charge < -0.3 is 20.8 Å². The van der Waals surface area contributed by atoms with E-state index in [9.17, 15) is 14.0 Å². The first kappa shape index (κ1) is 25.7. The van der Waals surface area contributed by atoms with Crippen LogP contribution in [0.2, 0.25) is 0 Å². The van der Waals surface area contributed by atoms with Gasteiger partial charge in [-0.3, -0.25) is 14.5 Å². The molecular weight excluding hydrogens is 489 g/mol. The van der Waals surface area contributed by atoms with Gasteiger partial charge in [0.05, 0.1) is 0 Å². The van der Waals surface area contributed by atoms with Gasteiger partial charge in [-0.15, -0.1) is 0 Å². The van der Waals surface area contributed by atoms with E-state index in [4.69, 9.17) is 25.5 Å². The molecule has 0 aliphatic carbocycles. The lowest BCUT2D eigenvalue weighted by Gasteiger charge is -2.36. The summed E-state index contributed by atoms with van der Waals surface area (Å²) in [6.07, 6.45) is 2.92. The molecule has 11 heteroatoms. The number of primary amides is 1. The Morgan fingerprint density at radius 1 is 0.969 bits per heavy atom. The van der Waals surface area contributed by atoms with E-state index < -0.39 is 11.9 Å². The van der Waals surface area contributed by atoms with Crippen LogP contribution in [0.25, 0.3) is 0 Å². The molecule has 2 amide bonds. The van der Waals surface area contributed by atoms with Crippen LogP contribution in [-0.2, 0) is 25.7 Å². The number of likely N-dealkylation sites (tertiary alicyclic amines) is 2. The third kappa shape index (κ3) is 7.27. The van der Waals surface area contributed by atoms with Crippen molar-refractivity contribution in [1.29, 1.82) is 0 Å². The van der Waals surface area contributed by atoms with Gasteiger partial charge in [-0.05, 0) is 50.9 Å². The summed E-state index contributed by atoms with van der Waals surface area (Å²) in [5.41, 5.74) is 6.03. The first-order chi connectivity index (χ1) is 15.1. The van der Waals surface area contributed by atoms with Crippen LogP contribution in [0.4, 0.5) is 4.39 Å². The number of carboxylic acid groups (broad SMARTS) is 2. The number of carbonyl (C=O) groups is 4. The van der Waals surface area contributed by atoms with Crippen molar-refractivity contribution in [1.82, 2.24) is 9.80 Å². The lowest BCUT2D eigenvalue weighted by Crippen LogP contribution is -2.46. The number of hydrogen-bond donors (Lipinski definition) is 3. The van der Waals surface area contributed by atoms with Crippen LogP contribution >= 0.6 is 15.9 Å². The molecule has 4 N–H and O–H groups in total. The Morgan fingerprint density at radius 3 is 1.97 bits per heavy atom. The number of carboxylic acids is 2. The monoisotopic (exact) mass is 515 g/mol. The standard InChI is InChI=1S/C19H25BrFN3O2.C2H2O4/c20-16-2-1-3-17(21)15(16)12-23-8-4-14(5-9-23)19(26)24-10-6-13(7-11-24)18(22)25;3-1(4)2(5)6/h1-3,13-14H,4-12H2,(H2,22,25);(H,3,4)(H,5,6). The largest absolute Gasteiger partial charge is 0.473 e. The maximum atomic E-state index is 14.0. The molecule has 1 aromatic carbocycles. The van der Waals surface area contributed by atoms with Crippen LogP contribution in [-0.4, -0.2) is 69.9 Å². The van der Waals surface area contributed by atoms with Gasteiger partial charge in [0, 0.05) is 41.5 Å². The molecule has 1 aromatic rings. The fourth-order valence-corrected chi connectivity index (χ4v) is 4.36. The average molecular weight is 516 g/mol. The summed E-state index contributed by atoms with van der Waals surface area (Å²) in [4.78, 5) is 46.3. The van der Waals surface area contributed by atoms with Gasteiger partial charge in [0.25, 0.3) is 0 Å². The number of rotatable bonds is 4. The lowest BCUT2D eigenvalue weighted by atomic mass is 9.91. The third-order valence-corrected chi connectivity index (χ3v) is 6.52. The Labute approximate surface area is 193 Å². The molecule has 2 aliphatic heterocycles. The van der Waals surface area contributed by atoms with Crippen LogP contribution in [0.3, 0.4) is 0 Å². The summed E-state index contributed by atoms with van der Waals surface area (Å²) in [6.45, 7) is 3.37. The average Bonchev–Trinajstić information content (AvgIpc) is 2.77. The van der Waals surface area contributed by atoms with Crippen LogP contribution in [0.15, 0.2) is 22.7 Å². The SMILES string of the molecule is NC(=O)C1CCN(C(=O)C2CCN(Cc3c(F)cccc3Br)CC2)CC1.O=C(O)C(=O)O. The lowest BCUT2D eigenvalue weighted by molar-refractivity contribution is -0.159. The summed E-state index contributed by atoms with van der Waals surface area (Å²) in [5, 5.41) is 14.8. The van der Waals surface area contributed by atoms with E-state index in [2.05, 4.69) is 20.8 Å². The Bertz CT molecular complexity index is 820. The quantitative estimate of drug-likeness (QED) is 0.517. The number of amides is 2. The third-order valence-electron chi connectivity index (χ3n) is 5.77. The van der Waals surface area contributed by atoms with E-state index in [1.165, 1.54) is 6.07 Å². The zero-order chi connectivity index (χ0) is 23.8. The van der Waals surface area contributed by atoms with E-state index in [0.29, 0.717) is 38.0 Å². The van der Waals surface area contributed by atoms with Crippen molar-refractivity contribution in [3.8, 4) is 0 Å². The zero-order valence-corrected chi connectivity index (χ0v) is 19.1. The van der Waals surface area contributed by atoms with Crippen molar-refractivity contribution in [2.75, 3.05) is 26.2 Å². The van der Waals surface area contributed by atoms with Crippen molar-refractivity contribution in [3.05, 3.63) is 34.1 Å². The molecule has 9 nitrogen and oxygen atoms in total. The molecule has 0 atom stereocenters. The molecule has 0 spiro atoms. The van der Waals surface area contributed by atoms with Crippen molar-refractivity contribution in [2.45, 2.75) is 32.2 Å². The highest BCUT2D eigenvalue weighted by Crippen LogP contribution is 2.27. The first-order valence-corrected chi connectivity index (χ1v) is 11.1. The molecule has 2 saturated heterocycles. The maximum Gasteiger partial charge on any atom is 0.414 e. The highest BCUT2D eigenvalue weighted by Gasteiger charge is 2.32. The van der Waals surface area contributed by atoms with E-state index in [0.717, 1.165) is 30.4 Å². The fraction of sp³-hybridized carbons (Fsp3) is 0.524. The van der Waals surface area contributed by atoms with E-state index in [-0.39, 0.29) is 29.5 Å². The normalized spacial score (nSPS) is 17.9. The van der Waals surface area contributed by atoms with Gasteiger partial charge >= 0.3 is 11.9 Å². The first-order valence-electron chi connectivity index (χ1n) is 10.3. The predicted octanol–water partition coefficient (Wildman–Crippen LogP) is 1.68. The topological polar surface area (TPSA) is 141 Å². The maximum absolute atomic E-state index is 14.0. The highest BCUT2D eigenvalue weighted by molar-refractivity contribution is 9.10. The number of nitrogens with two attached hydrogens (primary N) is 1. The van der Waals surface area contributed by atoms with Gasteiger partial charge in [-0.2, -0.15) is 0 Å². The molecule has 0 saturated carbocycles. The highest BCUT2D eigenvalue weighted by atomic mass is 79.9. The Morgan fingerprint density at radius 2 is 1.50 bits per heavy atom. The summed E-state index contributed by atoms with van der Waals surface area (Å²) in [7, 11) is 0. The Kier molecular flexibility index (Phi) is 9.58. The number of piperidine rings is 2. The van der Waals surface area contributed by atoms with Crippen LogP contribution in [0, 0.1) is 17.7 Å². The zero-order valence-electron chi connectivity index (χ0n) is 17.5. The number of aliphatic carboxylic acids is 2. The van der Waals surface area contributed by atoms with E-state index >= 15 is 0 Å². The number of carbonyl (C=O) groups excluding carboxylic acids is 2. The molecule has 2 aliphatic rings. The fourth-order valence-electron chi connectivity index (χ4n) is 3.89. The predicted molar refractivity (Wildman–Crippen MR) is 116 cm³/mol. The number of halogens is 2. The minimum absolute atomic E-state index is 0.0282. The molecular formula is C21H27BrFN3O6. The summed E-state index contributed by atoms with van der Waals surface area (Å²) < 4.78 is 14.8. The minimum atomic E-state index is -1.82. The van der Waals surface area contributed by atoms with Crippen molar-refractivity contribution in [2.24, 2.45) is 17.6 Å². The minimum Gasteiger partial charge on any atom is -0.473 e. The van der Waals surface area contributed by atoms with Gasteiger partial charge in [-0.1, -0.05) is 22.0 Å². The number of benzene rings is 1. The van der Waals surface area contributed by atoms with E-state index in [1.54, 1.807) is 6.07 Å². The Hall–Kier alpha value is -2.53. The molecule has 0 radical (unpaired) electrons. The molecule has 0 bridgehead atoms. The molecule has 3 rings (SSSR count). The van der Waals surface area contributed by atoms with Crippen LogP contribution in [0.5, 0.6) is 0 Å². The molecule has 32 heavy (non-hydrogen) atoms. The summed E-state index contributed by atoms with van der Waals surface area (Å²) >= 11 is 3.42. The summed E-state index contributed by atoms with van der Waals surface area (Å²) in [5.74, 6) is -3.98. The van der Waals surface area contributed by atoms with Crippen molar-refractivity contribution in [3.63, 3.8) is 0 Å². The van der Waals surface area contributed by atoms with Crippen LogP contribution < -0.4 is 5.73 Å². The molecule has 2 fully saturated rings. The van der Waals surface area contributed by atoms with Gasteiger partial charge in [0.2, 0.25) is 11.8 Å². The van der Waals surface area contributed by atoms with Crippen molar-refractivity contribution >= 4 is 39.7 Å². The summed E-state index contributed by atoms with van der Waals surface area (Å²) in [6, 6.07) is 5.02. The van der Waals surface area contributed by atoms with Gasteiger partial charge in [0.1, 0.15) is 5.82 Å². The molecule has 2 heterocycles. The molecule has 176 valence electrons. The second-order valence-electron chi connectivity index (χ2n) is 7.86. The van der Waals surface area contributed by atoms with Crippen LogP contribution in [0.1, 0.15) is 31.2 Å². The van der Waals surface area contributed by atoms with E-state index in [1.807, 2.05) is 11.0 Å². The number of nitrogens with zero attached hydrogens (tertiary/aromatic N) is 2. The number of hydrogen-bond acceptors (Lipinski definition) is 5. The van der Waals surface area contributed by atoms with Gasteiger partial charge in [0.15, 0.2) is 0 Å². The van der Waals surface area contributed by atoms with Gasteiger partial charge in [-0.25, -0.2) is 14.0 Å². The van der Waals surface area contributed by atoms with Crippen molar-refractivity contribution < 1.29 is 33.8 Å². The molecule has 0 aromatic heterocycles. The Balaban J connectivity index is 0.000000534. The second kappa shape index (κ2) is 11.9. The molecule has 0 unspecified atom stereocenters. The second-order valence-corrected chi connectivity index (χ2v) is 8.72. The smallest absolute Gasteiger partial charge is 0.414 e.